The van der Waals surface area contributed by atoms with Crippen molar-refractivity contribution >= 4 is 11.6 Å². The maximum atomic E-state index is 13.4. The second-order valence-electron chi connectivity index (χ2n) is 7.16. The molecule has 1 aliphatic heterocycles. The van der Waals surface area contributed by atoms with Crippen molar-refractivity contribution in [3.8, 4) is 0 Å². The SMILES string of the molecule is Cc1ccc(F)cc1NC(=O)C(C)N1CCN(C(C)c2cccnc2)CC1. The zero-order valence-corrected chi connectivity index (χ0v) is 16.2. The minimum absolute atomic E-state index is 0.0996. The van der Waals surface area contributed by atoms with Gasteiger partial charge in [-0.2, -0.15) is 0 Å². The molecule has 0 saturated carbocycles. The third kappa shape index (κ3) is 4.70. The summed E-state index contributed by atoms with van der Waals surface area (Å²) in [6.45, 7) is 9.39. The van der Waals surface area contributed by atoms with Crippen molar-refractivity contribution in [2.45, 2.75) is 32.9 Å². The smallest absolute Gasteiger partial charge is 0.241 e. The number of anilines is 1. The van der Waals surface area contributed by atoms with Gasteiger partial charge in [-0.3, -0.25) is 19.6 Å². The van der Waals surface area contributed by atoms with Crippen molar-refractivity contribution in [3.63, 3.8) is 0 Å². The predicted molar refractivity (Wildman–Crippen MR) is 105 cm³/mol. The molecule has 1 saturated heterocycles. The lowest BCUT2D eigenvalue weighted by Gasteiger charge is -2.40. The molecule has 5 nitrogen and oxygen atoms in total. The maximum absolute atomic E-state index is 13.4. The Morgan fingerprint density at radius 3 is 2.52 bits per heavy atom. The fraction of sp³-hybridized carbons (Fsp3) is 0.429. The molecule has 2 atom stereocenters. The lowest BCUT2D eigenvalue weighted by molar-refractivity contribution is -0.121. The van der Waals surface area contributed by atoms with Crippen molar-refractivity contribution in [2.75, 3.05) is 31.5 Å². The van der Waals surface area contributed by atoms with Gasteiger partial charge in [0.2, 0.25) is 5.91 Å². The second kappa shape index (κ2) is 8.59. The summed E-state index contributed by atoms with van der Waals surface area (Å²) in [5, 5.41) is 2.87. The summed E-state index contributed by atoms with van der Waals surface area (Å²) in [5.41, 5.74) is 2.60. The van der Waals surface area contributed by atoms with Crippen LogP contribution in [0.15, 0.2) is 42.7 Å². The van der Waals surface area contributed by atoms with Gasteiger partial charge in [0.25, 0.3) is 0 Å². The van der Waals surface area contributed by atoms with E-state index in [1.165, 1.54) is 17.7 Å². The summed E-state index contributed by atoms with van der Waals surface area (Å²) in [6.07, 6.45) is 3.70. The van der Waals surface area contributed by atoms with Gasteiger partial charge in [0.05, 0.1) is 6.04 Å². The summed E-state index contributed by atoms with van der Waals surface area (Å²) in [5.74, 6) is -0.445. The Morgan fingerprint density at radius 1 is 1.15 bits per heavy atom. The van der Waals surface area contributed by atoms with E-state index in [-0.39, 0.29) is 17.8 Å². The molecule has 1 aromatic heterocycles. The molecule has 0 radical (unpaired) electrons. The molecule has 1 fully saturated rings. The number of nitrogens with zero attached hydrogens (tertiary/aromatic N) is 3. The average molecular weight is 370 g/mol. The van der Waals surface area contributed by atoms with Crippen molar-refractivity contribution in [1.82, 2.24) is 14.8 Å². The molecule has 27 heavy (non-hydrogen) atoms. The first-order valence-corrected chi connectivity index (χ1v) is 9.40. The highest BCUT2D eigenvalue weighted by atomic mass is 19.1. The number of aryl methyl sites for hydroxylation is 1. The third-order valence-corrected chi connectivity index (χ3v) is 5.45. The number of hydrogen-bond donors (Lipinski definition) is 1. The molecule has 2 unspecified atom stereocenters. The Hall–Kier alpha value is -2.31. The summed E-state index contributed by atoms with van der Waals surface area (Å²) < 4.78 is 13.4. The summed E-state index contributed by atoms with van der Waals surface area (Å²) in [4.78, 5) is 21.4. The van der Waals surface area contributed by atoms with Crippen LogP contribution in [0.25, 0.3) is 0 Å². The highest BCUT2D eigenvalue weighted by Crippen LogP contribution is 2.22. The zero-order chi connectivity index (χ0) is 19.4. The zero-order valence-electron chi connectivity index (χ0n) is 16.2. The van der Waals surface area contributed by atoms with Gasteiger partial charge >= 0.3 is 0 Å². The Balaban J connectivity index is 1.55. The molecular weight excluding hydrogens is 343 g/mol. The molecule has 0 aliphatic carbocycles. The van der Waals surface area contributed by atoms with Crippen LogP contribution >= 0.6 is 0 Å². The van der Waals surface area contributed by atoms with E-state index in [2.05, 4.69) is 33.1 Å². The number of benzene rings is 1. The van der Waals surface area contributed by atoms with E-state index in [0.29, 0.717) is 11.7 Å². The van der Waals surface area contributed by atoms with E-state index in [0.717, 1.165) is 31.7 Å². The van der Waals surface area contributed by atoms with Gasteiger partial charge in [-0.15, -0.1) is 0 Å². The van der Waals surface area contributed by atoms with E-state index >= 15 is 0 Å². The molecule has 1 aromatic carbocycles. The van der Waals surface area contributed by atoms with E-state index in [9.17, 15) is 9.18 Å². The molecule has 6 heteroatoms. The standard InChI is InChI=1S/C21H27FN4O/c1-15-6-7-19(22)13-20(15)24-21(27)17(3)26-11-9-25(10-12-26)16(2)18-5-4-8-23-14-18/h4-8,13-14,16-17H,9-12H2,1-3H3,(H,24,27). The molecule has 3 rings (SSSR count). The molecule has 0 bridgehead atoms. The largest absolute Gasteiger partial charge is 0.324 e. The fourth-order valence-corrected chi connectivity index (χ4v) is 3.48. The van der Waals surface area contributed by atoms with Crippen LogP contribution in [0.4, 0.5) is 10.1 Å². The number of piperazine rings is 1. The van der Waals surface area contributed by atoms with E-state index < -0.39 is 0 Å². The molecule has 1 aliphatic rings. The first-order valence-electron chi connectivity index (χ1n) is 9.40. The van der Waals surface area contributed by atoms with E-state index in [1.807, 2.05) is 26.1 Å². The van der Waals surface area contributed by atoms with Gasteiger partial charge in [0.1, 0.15) is 5.82 Å². The van der Waals surface area contributed by atoms with Crippen LogP contribution in [0.3, 0.4) is 0 Å². The lowest BCUT2D eigenvalue weighted by Crippen LogP contribution is -2.53. The highest BCUT2D eigenvalue weighted by Gasteiger charge is 2.28. The van der Waals surface area contributed by atoms with Gasteiger partial charge in [-0.1, -0.05) is 12.1 Å². The Morgan fingerprint density at radius 2 is 1.85 bits per heavy atom. The summed E-state index contributed by atoms with van der Waals surface area (Å²) in [6, 6.07) is 8.55. The average Bonchev–Trinajstić information content (AvgIpc) is 2.70. The van der Waals surface area contributed by atoms with Gasteiger partial charge in [0.15, 0.2) is 0 Å². The monoisotopic (exact) mass is 370 g/mol. The van der Waals surface area contributed by atoms with Gasteiger partial charge < -0.3 is 5.32 Å². The molecular formula is C21H27FN4O. The number of hydrogen-bond acceptors (Lipinski definition) is 4. The van der Waals surface area contributed by atoms with Gasteiger partial charge in [-0.05, 0) is 50.1 Å². The van der Waals surface area contributed by atoms with Crippen LogP contribution in [0.1, 0.15) is 31.0 Å². The van der Waals surface area contributed by atoms with Crippen LogP contribution in [0.2, 0.25) is 0 Å². The maximum Gasteiger partial charge on any atom is 0.241 e. The minimum atomic E-state index is -0.346. The van der Waals surface area contributed by atoms with Crippen molar-refractivity contribution < 1.29 is 9.18 Å². The normalized spacial score (nSPS) is 18.1. The number of amides is 1. The minimum Gasteiger partial charge on any atom is -0.324 e. The first kappa shape index (κ1) is 19.5. The number of rotatable bonds is 5. The number of aromatic nitrogens is 1. The van der Waals surface area contributed by atoms with Crippen LogP contribution in [0, 0.1) is 12.7 Å². The number of halogens is 1. The molecule has 1 N–H and O–H groups in total. The summed E-state index contributed by atoms with van der Waals surface area (Å²) >= 11 is 0. The molecule has 2 aromatic rings. The quantitative estimate of drug-likeness (QED) is 0.878. The van der Waals surface area contributed by atoms with Crippen LogP contribution in [0.5, 0.6) is 0 Å². The number of carbonyl (C=O) groups excluding carboxylic acids is 1. The third-order valence-electron chi connectivity index (χ3n) is 5.45. The van der Waals surface area contributed by atoms with Crippen LogP contribution in [-0.4, -0.2) is 52.9 Å². The Bertz CT molecular complexity index is 775. The van der Waals surface area contributed by atoms with Crippen molar-refractivity contribution in [2.24, 2.45) is 0 Å². The van der Waals surface area contributed by atoms with E-state index in [4.69, 9.17) is 0 Å². The number of carbonyl (C=O) groups is 1. The Labute approximate surface area is 160 Å². The van der Waals surface area contributed by atoms with Crippen molar-refractivity contribution in [3.05, 3.63) is 59.7 Å². The number of nitrogens with one attached hydrogen (secondary N) is 1. The predicted octanol–water partition coefficient (Wildman–Crippen LogP) is 3.23. The molecule has 2 heterocycles. The summed E-state index contributed by atoms with van der Waals surface area (Å²) in [7, 11) is 0. The fourth-order valence-electron chi connectivity index (χ4n) is 3.48. The van der Waals surface area contributed by atoms with Crippen LogP contribution < -0.4 is 5.32 Å². The first-order chi connectivity index (χ1) is 13.0. The van der Waals surface area contributed by atoms with Gasteiger partial charge in [-0.25, -0.2) is 4.39 Å². The molecule has 144 valence electrons. The lowest BCUT2D eigenvalue weighted by atomic mass is 10.1. The molecule has 1 amide bonds. The topological polar surface area (TPSA) is 48.5 Å². The van der Waals surface area contributed by atoms with E-state index in [1.54, 1.807) is 12.3 Å². The van der Waals surface area contributed by atoms with Crippen molar-refractivity contribution in [1.29, 1.82) is 0 Å². The van der Waals surface area contributed by atoms with Gasteiger partial charge in [0, 0.05) is 50.3 Å². The number of pyridine rings is 1. The Kier molecular flexibility index (Phi) is 6.19. The van der Waals surface area contributed by atoms with Crippen LogP contribution in [-0.2, 0) is 4.79 Å². The molecule has 0 spiro atoms. The second-order valence-corrected chi connectivity index (χ2v) is 7.16. The highest BCUT2D eigenvalue weighted by molar-refractivity contribution is 5.95.